The molecule has 0 saturated carbocycles. The summed E-state index contributed by atoms with van der Waals surface area (Å²) in [5.74, 6) is -0.897. The van der Waals surface area contributed by atoms with Crippen molar-refractivity contribution in [3.05, 3.63) is 101 Å². The molecule has 6 nitrogen and oxygen atoms in total. The number of anilines is 2. The Morgan fingerprint density at radius 1 is 0.882 bits per heavy atom. The second kappa shape index (κ2) is 9.35. The zero-order valence-electron chi connectivity index (χ0n) is 19.8. The molecule has 0 aliphatic carbocycles. The predicted molar refractivity (Wildman–Crippen MR) is 134 cm³/mol. The summed E-state index contributed by atoms with van der Waals surface area (Å²) in [6, 6.07) is 22.4. The van der Waals surface area contributed by atoms with Crippen LogP contribution >= 0.6 is 0 Å². The quantitative estimate of drug-likeness (QED) is 0.551. The van der Waals surface area contributed by atoms with Gasteiger partial charge in [0.25, 0.3) is 11.8 Å². The number of amides is 3. The maximum atomic E-state index is 13.7. The van der Waals surface area contributed by atoms with E-state index < -0.39 is 0 Å². The minimum absolute atomic E-state index is 0.178. The summed E-state index contributed by atoms with van der Waals surface area (Å²) in [6.07, 6.45) is 0. The van der Waals surface area contributed by atoms with Crippen LogP contribution in [0.5, 0.6) is 0 Å². The Balaban J connectivity index is 1.78. The van der Waals surface area contributed by atoms with E-state index in [2.05, 4.69) is 5.32 Å². The molecule has 172 valence electrons. The molecule has 3 amide bonds. The number of benzene rings is 3. The van der Waals surface area contributed by atoms with Crippen LogP contribution in [0.25, 0.3) is 5.57 Å². The normalized spacial score (nSPS) is 13.5. The van der Waals surface area contributed by atoms with Gasteiger partial charge < -0.3 is 10.2 Å². The van der Waals surface area contributed by atoms with Gasteiger partial charge in [-0.3, -0.25) is 14.4 Å². The monoisotopic (exact) mass is 453 g/mol. The Morgan fingerprint density at radius 3 is 2.18 bits per heavy atom. The number of rotatable bonds is 6. The highest BCUT2D eigenvalue weighted by atomic mass is 16.2. The van der Waals surface area contributed by atoms with Crippen LogP contribution in [0.4, 0.5) is 11.4 Å². The topological polar surface area (TPSA) is 69.7 Å². The van der Waals surface area contributed by atoms with Crippen LogP contribution in [0.3, 0.4) is 0 Å². The molecule has 0 atom stereocenters. The van der Waals surface area contributed by atoms with E-state index in [4.69, 9.17) is 0 Å². The Hall–Kier alpha value is -4.19. The lowest BCUT2D eigenvalue weighted by atomic mass is 10.0. The van der Waals surface area contributed by atoms with Crippen molar-refractivity contribution in [3.8, 4) is 0 Å². The highest BCUT2D eigenvalue weighted by Crippen LogP contribution is 2.35. The lowest BCUT2D eigenvalue weighted by Crippen LogP contribution is -2.34. The number of hydrogen-bond donors (Lipinski definition) is 1. The summed E-state index contributed by atoms with van der Waals surface area (Å²) in [7, 11) is 1.82. The van der Waals surface area contributed by atoms with Crippen LogP contribution in [0.2, 0.25) is 0 Å². The van der Waals surface area contributed by atoms with Gasteiger partial charge in [-0.1, -0.05) is 48.5 Å². The van der Waals surface area contributed by atoms with Crippen molar-refractivity contribution in [1.29, 1.82) is 0 Å². The van der Waals surface area contributed by atoms with Gasteiger partial charge >= 0.3 is 0 Å². The fourth-order valence-corrected chi connectivity index (χ4v) is 4.09. The molecule has 1 aliphatic heterocycles. The Morgan fingerprint density at radius 2 is 1.56 bits per heavy atom. The number of carbonyl (C=O) groups excluding carboxylic acids is 3. The van der Waals surface area contributed by atoms with Crippen LogP contribution in [0.15, 0.2) is 78.5 Å². The van der Waals surface area contributed by atoms with Gasteiger partial charge in [-0.05, 0) is 60.4 Å². The first kappa shape index (κ1) is 23.0. The van der Waals surface area contributed by atoms with Gasteiger partial charge in [0.15, 0.2) is 0 Å². The highest BCUT2D eigenvalue weighted by Gasteiger charge is 2.41. The molecule has 4 rings (SSSR count). The van der Waals surface area contributed by atoms with Crippen molar-refractivity contribution >= 4 is 34.7 Å². The largest absolute Gasteiger partial charge is 0.365 e. The SMILES string of the molecule is CC(=O)Nc1ccc(C2=C(N(C)Cc3ccccc3)C(=O)N(c3ccc(C)c(C)c3)C2=O)cc1. The number of likely N-dealkylation sites (N-methyl/N-ethyl adjacent to an activating group) is 1. The molecule has 1 heterocycles. The smallest absolute Gasteiger partial charge is 0.282 e. The fraction of sp³-hybridized carbons (Fsp3) is 0.179. The molecular weight excluding hydrogens is 426 g/mol. The molecule has 6 heteroatoms. The van der Waals surface area contributed by atoms with Crippen LogP contribution in [0, 0.1) is 13.8 Å². The van der Waals surface area contributed by atoms with Gasteiger partial charge in [-0.15, -0.1) is 0 Å². The number of aryl methyl sites for hydroxylation is 2. The van der Waals surface area contributed by atoms with Crippen molar-refractivity contribution in [2.75, 3.05) is 17.3 Å². The summed E-state index contributed by atoms with van der Waals surface area (Å²) in [4.78, 5) is 41.8. The van der Waals surface area contributed by atoms with E-state index in [1.807, 2.05) is 68.3 Å². The van der Waals surface area contributed by atoms with E-state index in [-0.39, 0.29) is 17.7 Å². The molecule has 0 bridgehead atoms. The minimum atomic E-state index is -0.365. The maximum Gasteiger partial charge on any atom is 0.282 e. The molecule has 0 saturated heterocycles. The molecule has 34 heavy (non-hydrogen) atoms. The van der Waals surface area contributed by atoms with Gasteiger partial charge in [-0.25, -0.2) is 4.90 Å². The zero-order chi connectivity index (χ0) is 24.4. The Kier molecular flexibility index (Phi) is 6.32. The summed E-state index contributed by atoms with van der Waals surface area (Å²) in [5.41, 5.74) is 5.61. The molecule has 1 N–H and O–H groups in total. The number of carbonyl (C=O) groups is 3. The van der Waals surface area contributed by atoms with E-state index in [0.29, 0.717) is 34.8 Å². The molecule has 0 unspecified atom stereocenters. The molecule has 1 aliphatic rings. The Bertz CT molecular complexity index is 1290. The fourth-order valence-electron chi connectivity index (χ4n) is 4.09. The van der Waals surface area contributed by atoms with E-state index in [1.54, 1.807) is 30.3 Å². The third-order valence-corrected chi connectivity index (χ3v) is 5.95. The molecule has 0 fully saturated rings. The average molecular weight is 454 g/mol. The number of nitrogens with zero attached hydrogens (tertiary/aromatic N) is 2. The van der Waals surface area contributed by atoms with E-state index in [9.17, 15) is 14.4 Å². The molecule has 0 aromatic heterocycles. The lowest BCUT2D eigenvalue weighted by Gasteiger charge is -2.22. The Labute approximate surface area is 199 Å². The van der Waals surface area contributed by atoms with E-state index in [0.717, 1.165) is 16.7 Å². The molecule has 0 radical (unpaired) electrons. The summed E-state index contributed by atoms with van der Waals surface area (Å²) in [5, 5.41) is 2.73. The summed E-state index contributed by atoms with van der Waals surface area (Å²) < 4.78 is 0. The van der Waals surface area contributed by atoms with E-state index in [1.165, 1.54) is 11.8 Å². The van der Waals surface area contributed by atoms with Crippen molar-refractivity contribution < 1.29 is 14.4 Å². The van der Waals surface area contributed by atoms with Crippen LogP contribution in [-0.4, -0.2) is 29.7 Å². The molecule has 3 aromatic carbocycles. The van der Waals surface area contributed by atoms with Gasteiger partial charge in [0.05, 0.1) is 11.3 Å². The van der Waals surface area contributed by atoms with Crippen molar-refractivity contribution in [3.63, 3.8) is 0 Å². The van der Waals surface area contributed by atoms with Gasteiger partial charge in [0, 0.05) is 26.2 Å². The summed E-state index contributed by atoms with van der Waals surface area (Å²) >= 11 is 0. The molecule has 0 spiro atoms. The maximum absolute atomic E-state index is 13.7. The summed E-state index contributed by atoms with van der Waals surface area (Å²) in [6.45, 7) is 5.87. The van der Waals surface area contributed by atoms with Crippen LogP contribution in [0.1, 0.15) is 29.2 Å². The predicted octanol–water partition coefficient (Wildman–Crippen LogP) is 4.68. The van der Waals surface area contributed by atoms with Gasteiger partial charge in [0.2, 0.25) is 5.91 Å². The number of hydrogen-bond acceptors (Lipinski definition) is 4. The van der Waals surface area contributed by atoms with Gasteiger partial charge in [-0.2, -0.15) is 0 Å². The second-order valence-electron chi connectivity index (χ2n) is 8.54. The standard InChI is InChI=1S/C28H27N3O3/c1-18-10-15-24(16-19(18)2)31-27(33)25(22-11-13-23(14-12-22)29-20(3)32)26(28(31)34)30(4)17-21-8-6-5-7-9-21/h5-16H,17H2,1-4H3,(H,29,32). The lowest BCUT2D eigenvalue weighted by molar-refractivity contribution is -0.120. The minimum Gasteiger partial charge on any atom is -0.365 e. The third-order valence-electron chi connectivity index (χ3n) is 5.95. The third kappa shape index (κ3) is 4.48. The number of imide groups is 1. The first-order chi connectivity index (χ1) is 16.3. The van der Waals surface area contributed by atoms with Crippen molar-refractivity contribution in [1.82, 2.24) is 4.90 Å². The van der Waals surface area contributed by atoms with E-state index >= 15 is 0 Å². The average Bonchev–Trinajstić information content (AvgIpc) is 3.06. The number of nitrogens with one attached hydrogen (secondary N) is 1. The second-order valence-corrected chi connectivity index (χ2v) is 8.54. The van der Waals surface area contributed by atoms with Crippen molar-refractivity contribution in [2.24, 2.45) is 0 Å². The van der Waals surface area contributed by atoms with Gasteiger partial charge in [0.1, 0.15) is 5.70 Å². The first-order valence-corrected chi connectivity index (χ1v) is 11.1. The van der Waals surface area contributed by atoms with Crippen molar-refractivity contribution in [2.45, 2.75) is 27.3 Å². The molecule has 3 aromatic rings. The first-order valence-electron chi connectivity index (χ1n) is 11.1. The van der Waals surface area contributed by atoms with Crippen LogP contribution in [-0.2, 0) is 20.9 Å². The molecular formula is C28H27N3O3. The highest BCUT2D eigenvalue weighted by molar-refractivity contribution is 6.45. The van der Waals surface area contributed by atoms with Crippen LogP contribution < -0.4 is 10.2 Å². The zero-order valence-corrected chi connectivity index (χ0v) is 19.8.